The second-order valence-electron chi connectivity index (χ2n) is 14.8. The summed E-state index contributed by atoms with van der Waals surface area (Å²) in [5, 5.41) is 4.95. The lowest BCUT2D eigenvalue weighted by molar-refractivity contribution is -0.141. The number of pyridine rings is 1. The van der Waals surface area contributed by atoms with Crippen molar-refractivity contribution in [1.29, 1.82) is 0 Å². The van der Waals surface area contributed by atoms with E-state index in [0.717, 1.165) is 49.7 Å². The predicted molar refractivity (Wildman–Crippen MR) is 181 cm³/mol. The van der Waals surface area contributed by atoms with Crippen molar-refractivity contribution in [2.75, 3.05) is 6.54 Å². The van der Waals surface area contributed by atoms with Crippen molar-refractivity contribution in [3.05, 3.63) is 41.7 Å². The average Bonchev–Trinajstić information content (AvgIpc) is 3.88. The molecule has 1 unspecified atom stereocenters. The Kier molecular flexibility index (Phi) is 9.96. The first kappa shape index (κ1) is 35.2. The van der Waals surface area contributed by atoms with Gasteiger partial charge in [-0.25, -0.2) is 18.0 Å². The van der Waals surface area contributed by atoms with E-state index in [1.165, 1.54) is 9.80 Å². The first-order valence-electron chi connectivity index (χ1n) is 18.2. The molecule has 1 saturated heterocycles. The molecule has 0 aromatic carbocycles. The number of fused-ring (bicyclic) bond motifs is 3. The van der Waals surface area contributed by atoms with Crippen LogP contribution in [0.5, 0.6) is 0 Å². The van der Waals surface area contributed by atoms with E-state index in [-0.39, 0.29) is 25.5 Å². The zero-order valence-electron chi connectivity index (χ0n) is 28.6. The number of alkyl carbamates (subject to hydrolysis) is 1. The van der Waals surface area contributed by atoms with E-state index in [4.69, 9.17) is 9.47 Å². The molecule has 0 bridgehead atoms. The SMILES string of the molecule is O=C(N[C@H]1CCCCC/C=C\[C@@H]2C[C@@]2(C(=O)NS(=O)(=O)C2CC2)NC(=O)C2C[C@@H](OC(=O)N3Cc4ccncc4C3)CN2C1=O)OC1CCCC1. The fourth-order valence-corrected chi connectivity index (χ4v) is 9.11. The van der Waals surface area contributed by atoms with E-state index in [9.17, 15) is 32.4 Å². The molecule has 1 aromatic heterocycles. The van der Waals surface area contributed by atoms with Gasteiger partial charge in [0, 0.05) is 31.3 Å². The van der Waals surface area contributed by atoms with Gasteiger partial charge < -0.3 is 25.0 Å². The molecule has 5 atom stereocenters. The molecule has 4 heterocycles. The highest BCUT2D eigenvalue weighted by molar-refractivity contribution is 7.91. The largest absolute Gasteiger partial charge is 0.446 e. The van der Waals surface area contributed by atoms with Gasteiger partial charge in [0.2, 0.25) is 21.8 Å². The Morgan fingerprint density at radius 1 is 0.941 bits per heavy atom. The van der Waals surface area contributed by atoms with Crippen molar-refractivity contribution in [1.82, 2.24) is 30.1 Å². The highest BCUT2D eigenvalue weighted by atomic mass is 32.2. The van der Waals surface area contributed by atoms with Crippen molar-refractivity contribution in [3.8, 4) is 0 Å². The molecule has 5 amide bonds. The molecule has 3 aliphatic carbocycles. The summed E-state index contributed by atoms with van der Waals surface area (Å²) in [6.45, 7) is 0.535. The lowest BCUT2D eigenvalue weighted by Crippen LogP contribution is -2.58. The number of allylic oxidation sites excluding steroid dienone is 1. The average molecular weight is 727 g/mol. The Balaban J connectivity index is 1.12. The minimum atomic E-state index is -3.89. The fraction of sp³-hybridized carbons (Fsp3) is 0.657. The maximum Gasteiger partial charge on any atom is 0.410 e. The number of hydrogen-bond donors (Lipinski definition) is 3. The third-order valence-corrected chi connectivity index (χ3v) is 12.8. The third kappa shape index (κ3) is 7.85. The highest BCUT2D eigenvalue weighted by Crippen LogP contribution is 2.46. The van der Waals surface area contributed by atoms with Crippen LogP contribution < -0.4 is 15.4 Å². The second-order valence-corrected chi connectivity index (χ2v) is 16.7. The lowest BCUT2D eigenvalue weighted by Gasteiger charge is -2.30. The number of amides is 5. The van der Waals surface area contributed by atoms with Gasteiger partial charge in [-0.1, -0.05) is 25.0 Å². The van der Waals surface area contributed by atoms with E-state index in [0.29, 0.717) is 45.2 Å². The number of ether oxygens (including phenoxy) is 2. The standard InChI is InChI=1S/C35H46N6O9S/c42-30-29-16-26(50-34(46)40-19-22-14-15-36-18-23(22)20-40)21-41(29)31(43)28(37-33(45)49-25-9-6-7-10-25)11-5-3-1-2-4-8-24-17-35(24,38-30)32(44)39-51(47,48)27-12-13-27/h4,8,14-15,18,24-29H,1-3,5-7,9-13,16-17,19-21H2,(H,37,45)(H,38,42)(H,39,44)/b8-4-/t24-,26-,28+,29?,35-/m1/s1. The monoisotopic (exact) mass is 726 g/mol. The fourth-order valence-electron chi connectivity index (χ4n) is 7.75. The van der Waals surface area contributed by atoms with E-state index >= 15 is 0 Å². The Hall–Kier alpha value is -4.21. The van der Waals surface area contributed by atoms with Gasteiger partial charge in [-0.05, 0) is 81.4 Å². The first-order valence-corrected chi connectivity index (χ1v) is 19.8. The van der Waals surface area contributed by atoms with Crippen LogP contribution in [0.15, 0.2) is 30.6 Å². The van der Waals surface area contributed by atoms with Crippen LogP contribution in [0.3, 0.4) is 0 Å². The van der Waals surface area contributed by atoms with E-state index in [1.54, 1.807) is 12.4 Å². The van der Waals surface area contributed by atoms with Crippen molar-refractivity contribution >= 4 is 39.9 Å². The summed E-state index contributed by atoms with van der Waals surface area (Å²) in [4.78, 5) is 75.5. The number of carbonyl (C=O) groups excluding carboxylic acids is 5. The zero-order valence-corrected chi connectivity index (χ0v) is 29.4. The van der Waals surface area contributed by atoms with Crippen LogP contribution in [0, 0.1) is 5.92 Å². The van der Waals surface area contributed by atoms with E-state index in [2.05, 4.69) is 20.3 Å². The minimum absolute atomic E-state index is 0.0521. The molecule has 51 heavy (non-hydrogen) atoms. The molecule has 3 N–H and O–H groups in total. The maximum absolute atomic E-state index is 14.3. The van der Waals surface area contributed by atoms with Gasteiger partial charge in [-0.3, -0.25) is 29.0 Å². The van der Waals surface area contributed by atoms with Crippen LogP contribution >= 0.6 is 0 Å². The normalized spacial score (nSPS) is 30.5. The Labute approximate surface area is 297 Å². The Bertz CT molecular complexity index is 1670. The second kappa shape index (κ2) is 14.4. The summed E-state index contributed by atoms with van der Waals surface area (Å²) in [5.74, 6) is -2.44. The molecule has 1 aromatic rings. The molecule has 3 aliphatic heterocycles. The molecule has 16 heteroatoms. The van der Waals surface area contributed by atoms with Crippen molar-refractivity contribution in [2.45, 2.75) is 132 Å². The molecule has 3 saturated carbocycles. The van der Waals surface area contributed by atoms with Gasteiger partial charge in [-0.2, -0.15) is 0 Å². The molecule has 7 rings (SSSR count). The smallest absolute Gasteiger partial charge is 0.410 e. The van der Waals surface area contributed by atoms with Crippen LogP contribution in [-0.2, 0) is 47.0 Å². The van der Waals surface area contributed by atoms with Gasteiger partial charge in [-0.15, -0.1) is 0 Å². The van der Waals surface area contributed by atoms with E-state index in [1.807, 2.05) is 18.2 Å². The predicted octanol–water partition coefficient (Wildman–Crippen LogP) is 2.54. The van der Waals surface area contributed by atoms with Crippen molar-refractivity contribution in [2.24, 2.45) is 5.92 Å². The van der Waals surface area contributed by atoms with E-state index < -0.39 is 74.8 Å². The van der Waals surface area contributed by atoms with Gasteiger partial charge in [0.1, 0.15) is 29.8 Å². The molecular weight excluding hydrogens is 680 g/mol. The highest BCUT2D eigenvalue weighted by Gasteiger charge is 2.62. The molecule has 0 spiro atoms. The summed E-state index contributed by atoms with van der Waals surface area (Å²) < 4.78 is 39.2. The van der Waals surface area contributed by atoms with Crippen LogP contribution in [0.2, 0.25) is 0 Å². The van der Waals surface area contributed by atoms with Crippen molar-refractivity contribution in [3.63, 3.8) is 0 Å². The summed E-state index contributed by atoms with van der Waals surface area (Å²) in [5.41, 5.74) is 0.341. The van der Waals surface area contributed by atoms with Crippen LogP contribution in [0.1, 0.15) is 94.6 Å². The number of rotatable bonds is 6. The molecular formula is C35H46N6O9S. The lowest BCUT2D eigenvalue weighted by atomic mass is 10.0. The summed E-state index contributed by atoms with van der Waals surface area (Å²) in [6.07, 6.45) is 12.5. The molecule has 6 aliphatic rings. The third-order valence-electron chi connectivity index (χ3n) is 11.0. The number of nitrogens with one attached hydrogen (secondary N) is 3. The maximum atomic E-state index is 14.3. The van der Waals surface area contributed by atoms with Crippen molar-refractivity contribution < 1.29 is 41.9 Å². The van der Waals surface area contributed by atoms with Gasteiger partial charge in [0.05, 0.1) is 18.3 Å². The summed E-state index contributed by atoms with van der Waals surface area (Å²) >= 11 is 0. The molecule has 15 nitrogen and oxygen atoms in total. The van der Waals surface area contributed by atoms with Gasteiger partial charge >= 0.3 is 12.2 Å². The van der Waals surface area contributed by atoms with Gasteiger partial charge in [0.25, 0.3) is 5.91 Å². The Morgan fingerprint density at radius 3 is 2.47 bits per heavy atom. The van der Waals surface area contributed by atoms with Crippen LogP contribution in [-0.4, -0.2) is 94.7 Å². The zero-order chi connectivity index (χ0) is 35.8. The van der Waals surface area contributed by atoms with Crippen LogP contribution in [0.4, 0.5) is 9.59 Å². The molecule has 4 fully saturated rings. The summed E-state index contributed by atoms with van der Waals surface area (Å²) in [6, 6.07) is -0.324. The van der Waals surface area contributed by atoms with Crippen LogP contribution in [0.25, 0.3) is 0 Å². The minimum Gasteiger partial charge on any atom is -0.446 e. The Morgan fingerprint density at radius 2 is 1.71 bits per heavy atom. The quantitative estimate of drug-likeness (QED) is 0.367. The van der Waals surface area contributed by atoms with Gasteiger partial charge in [0.15, 0.2) is 0 Å². The summed E-state index contributed by atoms with van der Waals surface area (Å²) in [7, 11) is -3.89. The number of carbonyl (C=O) groups is 5. The first-order chi connectivity index (χ1) is 24.5. The number of nitrogens with zero attached hydrogens (tertiary/aromatic N) is 3. The number of aromatic nitrogens is 1. The number of sulfonamides is 1. The molecule has 276 valence electrons. The number of hydrogen-bond acceptors (Lipinski definition) is 10. The molecule has 0 radical (unpaired) electrons. The topological polar surface area (TPSA) is 193 Å².